The molecule has 134 valence electrons. The van der Waals surface area contributed by atoms with Crippen LogP contribution in [0.5, 0.6) is 0 Å². The van der Waals surface area contributed by atoms with Crippen LogP contribution in [0.15, 0.2) is 60.0 Å². The number of aromatic nitrogens is 3. The summed E-state index contributed by atoms with van der Waals surface area (Å²) in [7, 11) is -4.08. The largest absolute Gasteiger partial charge is 0.367 e. The zero-order chi connectivity index (χ0) is 18.7. The fourth-order valence-corrected chi connectivity index (χ4v) is 3.77. The first-order valence-corrected chi connectivity index (χ1v) is 9.14. The van der Waals surface area contributed by atoms with E-state index in [1.807, 2.05) is 0 Å². The Morgan fingerprint density at radius 2 is 1.88 bits per heavy atom. The molecule has 1 unspecified atom stereocenters. The molecule has 26 heavy (non-hydrogen) atoms. The molecule has 2 heterocycles. The minimum Gasteiger partial charge on any atom is -0.367 e. The maximum Gasteiger partial charge on any atom is 0.254 e. The molecule has 0 fully saturated rings. The standard InChI is InChI=1S/C17H15FN4O3S/c1-11-8-21-15(10-20-11)17(22-16(23)12-6-7-19-9-12)26(24,25)14-4-2-13(18)3-5-14/h2-10,17,19H,1H3,(H,22,23). The van der Waals surface area contributed by atoms with E-state index in [0.717, 1.165) is 24.3 Å². The quantitative estimate of drug-likeness (QED) is 0.666. The molecule has 0 aliphatic rings. The first-order valence-electron chi connectivity index (χ1n) is 7.59. The second kappa shape index (κ2) is 7.04. The smallest absolute Gasteiger partial charge is 0.254 e. The van der Waals surface area contributed by atoms with Gasteiger partial charge < -0.3 is 10.3 Å². The van der Waals surface area contributed by atoms with Gasteiger partial charge in [-0.15, -0.1) is 0 Å². The van der Waals surface area contributed by atoms with Crippen molar-refractivity contribution in [3.05, 3.63) is 77.9 Å². The van der Waals surface area contributed by atoms with E-state index < -0.39 is 26.9 Å². The van der Waals surface area contributed by atoms with E-state index >= 15 is 0 Å². The molecule has 0 saturated carbocycles. The van der Waals surface area contributed by atoms with E-state index in [0.29, 0.717) is 5.69 Å². The Kier molecular flexibility index (Phi) is 4.81. The summed E-state index contributed by atoms with van der Waals surface area (Å²) < 4.78 is 39.2. The molecule has 1 aromatic carbocycles. The van der Waals surface area contributed by atoms with Crippen molar-refractivity contribution >= 4 is 15.7 Å². The van der Waals surface area contributed by atoms with Gasteiger partial charge >= 0.3 is 0 Å². The van der Waals surface area contributed by atoms with E-state index in [2.05, 4.69) is 20.3 Å². The molecule has 3 rings (SSSR count). The molecule has 0 radical (unpaired) electrons. The maximum atomic E-state index is 13.1. The number of aryl methyl sites for hydroxylation is 1. The Bertz CT molecular complexity index is 1000. The highest BCUT2D eigenvalue weighted by atomic mass is 32.2. The predicted octanol–water partition coefficient (Wildman–Crippen LogP) is 2.15. The Morgan fingerprint density at radius 3 is 2.46 bits per heavy atom. The average Bonchev–Trinajstić information content (AvgIpc) is 3.15. The molecule has 1 atom stereocenters. The molecule has 1 amide bonds. The average molecular weight is 374 g/mol. The van der Waals surface area contributed by atoms with Crippen LogP contribution in [0.1, 0.15) is 27.1 Å². The third-order valence-electron chi connectivity index (χ3n) is 3.64. The van der Waals surface area contributed by atoms with Crippen LogP contribution >= 0.6 is 0 Å². The van der Waals surface area contributed by atoms with Gasteiger partial charge in [-0.25, -0.2) is 12.8 Å². The van der Waals surface area contributed by atoms with Gasteiger partial charge in [-0.05, 0) is 37.3 Å². The van der Waals surface area contributed by atoms with Crippen LogP contribution in [0.25, 0.3) is 0 Å². The molecular weight excluding hydrogens is 359 g/mol. The molecule has 9 heteroatoms. The first kappa shape index (κ1) is 17.7. The molecule has 0 spiro atoms. The summed E-state index contributed by atoms with van der Waals surface area (Å²) >= 11 is 0. The first-order chi connectivity index (χ1) is 12.4. The lowest BCUT2D eigenvalue weighted by Crippen LogP contribution is -2.34. The second-order valence-electron chi connectivity index (χ2n) is 5.53. The molecule has 0 bridgehead atoms. The van der Waals surface area contributed by atoms with E-state index in [9.17, 15) is 17.6 Å². The zero-order valence-corrected chi connectivity index (χ0v) is 14.5. The molecule has 0 aliphatic carbocycles. The van der Waals surface area contributed by atoms with Crippen molar-refractivity contribution in [2.24, 2.45) is 0 Å². The molecule has 3 aromatic rings. The molecule has 7 nitrogen and oxygen atoms in total. The third kappa shape index (κ3) is 3.62. The Morgan fingerprint density at radius 1 is 1.15 bits per heavy atom. The Hall–Kier alpha value is -3.07. The number of nitrogens with one attached hydrogen (secondary N) is 2. The van der Waals surface area contributed by atoms with Crippen LogP contribution in [-0.2, 0) is 9.84 Å². The number of carbonyl (C=O) groups is 1. The van der Waals surface area contributed by atoms with Crippen LogP contribution < -0.4 is 5.32 Å². The van der Waals surface area contributed by atoms with Gasteiger partial charge in [0.2, 0.25) is 9.84 Å². The minimum atomic E-state index is -4.08. The topological polar surface area (TPSA) is 105 Å². The van der Waals surface area contributed by atoms with Crippen molar-refractivity contribution < 1.29 is 17.6 Å². The number of hydrogen-bond acceptors (Lipinski definition) is 5. The fourth-order valence-electron chi connectivity index (χ4n) is 2.28. The van der Waals surface area contributed by atoms with E-state index in [1.165, 1.54) is 24.7 Å². The summed E-state index contributed by atoms with van der Waals surface area (Å²) in [5, 5.41) is 0.996. The van der Waals surface area contributed by atoms with Crippen molar-refractivity contribution in [1.29, 1.82) is 0 Å². The van der Waals surface area contributed by atoms with Crippen LogP contribution in [0.2, 0.25) is 0 Å². The summed E-state index contributed by atoms with van der Waals surface area (Å²) in [6, 6.07) is 5.87. The summed E-state index contributed by atoms with van der Waals surface area (Å²) in [4.78, 5) is 23.1. The predicted molar refractivity (Wildman–Crippen MR) is 91.4 cm³/mol. The number of rotatable bonds is 5. The number of aromatic amines is 1. The fraction of sp³-hybridized carbons (Fsp3) is 0.118. The number of halogens is 1. The number of carbonyl (C=O) groups excluding carboxylic acids is 1. The lowest BCUT2D eigenvalue weighted by Gasteiger charge is -2.18. The SMILES string of the molecule is Cc1cnc(C(NC(=O)c2cc[nH]c2)S(=O)(=O)c2ccc(F)cc2)cn1. The third-order valence-corrected chi connectivity index (χ3v) is 5.55. The summed E-state index contributed by atoms with van der Waals surface area (Å²) in [5.41, 5.74) is 0.928. The Balaban J connectivity index is 2.03. The van der Waals surface area contributed by atoms with E-state index in [1.54, 1.807) is 13.1 Å². The lowest BCUT2D eigenvalue weighted by molar-refractivity contribution is 0.0947. The molecule has 0 aliphatic heterocycles. The van der Waals surface area contributed by atoms with E-state index in [-0.39, 0.29) is 16.2 Å². The van der Waals surface area contributed by atoms with Crippen LogP contribution in [0.4, 0.5) is 4.39 Å². The molecule has 0 saturated heterocycles. The highest BCUT2D eigenvalue weighted by Crippen LogP contribution is 2.26. The van der Waals surface area contributed by atoms with Gasteiger partial charge in [0.15, 0.2) is 5.37 Å². The maximum absolute atomic E-state index is 13.1. The van der Waals surface area contributed by atoms with Crippen LogP contribution in [0.3, 0.4) is 0 Å². The minimum absolute atomic E-state index is 0.0591. The summed E-state index contributed by atoms with van der Waals surface area (Å²) in [6.45, 7) is 1.71. The van der Waals surface area contributed by atoms with Crippen molar-refractivity contribution in [2.45, 2.75) is 17.2 Å². The van der Waals surface area contributed by atoms with Crippen molar-refractivity contribution in [2.75, 3.05) is 0 Å². The van der Waals surface area contributed by atoms with Gasteiger partial charge in [-0.2, -0.15) is 0 Å². The van der Waals surface area contributed by atoms with Gasteiger partial charge in [0.25, 0.3) is 5.91 Å². The number of sulfone groups is 1. The van der Waals surface area contributed by atoms with Gasteiger partial charge in [0.1, 0.15) is 5.82 Å². The number of hydrogen-bond donors (Lipinski definition) is 2. The monoisotopic (exact) mass is 374 g/mol. The van der Waals surface area contributed by atoms with Gasteiger partial charge in [0, 0.05) is 18.6 Å². The van der Waals surface area contributed by atoms with E-state index in [4.69, 9.17) is 0 Å². The number of amides is 1. The lowest BCUT2D eigenvalue weighted by atomic mass is 10.3. The van der Waals surface area contributed by atoms with Gasteiger partial charge in [-0.3, -0.25) is 14.8 Å². The molecule has 2 N–H and O–H groups in total. The highest BCUT2D eigenvalue weighted by molar-refractivity contribution is 7.91. The van der Waals surface area contributed by atoms with Gasteiger partial charge in [-0.1, -0.05) is 0 Å². The molecular formula is C17H15FN4O3S. The van der Waals surface area contributed by atoms with Gasteiger partial charge in [0.05, 0.1) is 28.0 Å². The van der Waals surface area contributed by atoms with Crippen LogP contribution in [0, 0.1) is 12.7 Å². The zero-order valence-electron chi connectivity index (χ0n) is 13.7. The normalized spacial score (nSPS) is 12.5. The number of benzene rings is 1. The number of H-pyrrole nitrogens is 1. The van der Waals surface area contributed by atoms with Crippen molar-refractivity contribution in [3.8, 4) is 0 Å². The number of nitrogens with zero attached hydrogens (tertiary/aromatic N) is 2. The van der Waals surface area contributed by atoms with Crippen molar-refractivity contribution in [3.63, 3.8) is 0 Å². The second-order valence-corrected chi connectivity index (χ2v) is 7.57. The summed E-state index contributed by atoms with van der Waals surface area (Å²) in [5.74, 6) is -1.16. The van der Waals surface area contributed by atoms with Crippen molar-refractivity contribution in [1.82, 2.24) is 20.3 Å². The highest BCUT2D eigenvalue weighted by Gasteiger charge is 2.32. The Labute approximate surface area is 149 Å². The van der Waals surface area contributed by atoms with Crippen LogP contribution in [-0.4, -0.2) is 29.3 Å². The summed E-state index contributed by atoms with van der Waals surface area (Å²) in [6.07, 6.45) is 5.69. The molecule has 2 aromatic heterocycles.